The summed E-state index contributed by atoms with van der Waals surface area (Å²) < 4.78 is 79.8. The fourth-order valence-corrected chi connectivity index (χ4v) is 1.32. The van der Waals surface area contributed by atoms with E-state index < -0.39 is 49.0 Å². The predicted molar refractivity (Wildman–Crippen MR) is 74.0 cm³/mol. The molecule has 1 aliphatic rings. The van der Waals surface area contributed by atoms with E-state index in [4.69, 9.17) is 17.1 Å². The van der Waals surface area contributed by atoms with Crippen molar-refractivity contribution < 1.29 is 21.9 Å². The average Bonchev–Trinajstić information content (AvgIpc) is 2.50. The molecule has 104 valence electrons. The molecule has 2 heterocycles. The lowest BCUT2D eigenvalue weighted by Crippen LogP contribution is -2.41. The van der Waals surface area contributed by atoms with Crippen LogP contribution in [0.2, 0.25) is 0 Å². The molecule has 1 amide bonds. The van der Waals surface area contributed by atoms with Gasteiger partial charge in [-0.15, -0.1) is 0 Å². The van der Waals surface area contributed by atoms with Crippen LogP contribution in [0.3, 0.4) is 0 Å². The largest absolute Gasteiger partial charge is 0.444 e. The molecule has 2 rings (SSSR count). The summed E-state index contributed by atoms with van der Waals surface area (Å²) in [5, 5.41) is 0. The molecule has 19 heavy (non-hydrogen) atoms. The minimum Gasteiger partial charge on any atom is -0.444 e. The van der Waals surface area contributed by atoms with Crippen molar-refractivity contribution >= 4 is 6.09 Å². The van der Waals surface area contributed by atoms with Gasteiger partial charge in [0.2, 0.25) is 0 Å². The molecule has 0 radical (unpaired) electrons. The highest BCUT2D eigenvalue weighted by Gasteiger charge is 2.27. The normalized spacial score (nSPS) is 36.6. The van der Waals surface area contributed by atoms with Crippen LogP contribution in [0.1, 0.15) is 57.4 Å². The number of hydrogen-bond acceptors (Lipinski definition) is 3. The highest BCUT2D eigenvalue weighted by Crippen LogP contribution is 2.27. The van der Waals surface area contributed by atoms with E-state index in [0.29, 0.717) is 0 Å². The van der Waals surface area contributed by atoms with Crippen LogP contribution >= 0.6 is 0 Å². The van der Waals surface area contributed by atoms with Gasteiger partial charge in [0, 0.05) is 43.1 Å². The standard InChI is InChI=1S/C15H22N2O2/c1-15(2,3)19-14(18)17-10-7-12(8-11-17)13-6-4-5-9-16-13/h4-6,9,12H,7-8,10-11H2,1-3H3/i7D2,8D2,10D2,11D2,12D. The minimum absolute atomic E-state index is 0.221. The molecule has 0 unspecified atom stereocenters. The second-order valence-corrected chi connectivity index (χ2v) is 4.88. The van der Waals surface area contributed by atoms with E-state index in [1.54, 1.807) is 0 Å². The maximum Gasteiger partial charge on any atom is 0.410 e. The van der Waals surface area contributed by atoms with Gasteiger partial charge in [0.25, 0.3) is 0 Å². The Morgan fingerprint density at radius 3 is 2.68 bits per heavy atom. The summed E-state index contributed by atoms with van der Waals surface area (Å²) in [7, 11) is 0. The number of pyridine rings is 1. The summed E-state index contributed by atoms with van der Waals surface area (Å²) in [6.45, 7) is -2.53. The van der Waals surface area contributed by atoms with E-state index in [2.05, 4.69) is 4.98 Å². The number of nitrogens with zero attached hydrogens (tertiary/aromatic N) is 2. The molecule has 1 saturated heterocycles. The van der Waals surface area contributed by atoms with Gasteiger partial charge in [-0.25, -0.2) is 4.79 Å². The Hall–Kier alpha value is -1.58. The summed E-state index contributed by atoms with van der Waals surface area (Å²) in [5.74, 6) is -3.12. The Balaban J connectivity index is 2.79. The number of ether oxygens (including phenoxy) is 1. The molecule has 0 atom stereocenters. The number of amides is 1. The van der Waals surface area contributed by atoms with Crippen LogP contribution in [-0.4, -0.2) is 34.6 Å². The SMILES string of the molecule is [2H]C1([2H])N(C(=O)OC(C)(C)C)C([2H])([2H])C([2H])([2H])C([2H])(c2ccccn2)C1([2H])[2H]. The van der Waals surface area contributed by atoms with E-state index in [0.717, 1.165) is 6.07 Å². The number of piperidine rings is 1. The molecule has 0 N–H and O–H groups in total. The van der Waals surface area contributed by atoms with Crippen molar-refractivity contribution in [3.63, 3.8) is 0 Å². The first-order chi connectivity index (χ1) is 12.4. The zero-order valence-corrected chi connectivity index (χ0v) is 11.0. The molecule has 1 fully saturated rings. The number of aromatic nitrogens is 1. The Kier molecular flexibility index (Phi) is 1.84. The lowest BCUT2D eigenvalue weighted by molar-refractivity contribution is 0.0204. The van der Waals surface area contributed by atoms with Crippen LogP contribution in [0, 0.1) is 0 Å². The first-order valence-corrected chi connectivity index (χ1v) is 5.80. The molecule has 1 aromatic heterocycles. The third-order valence-corrected chi connectivity index (χ3v) is 2.08. The first kappa shape index (κ1) is 6.25. The monoisotopic (exact) mass is 271 g/mol. The molecule has 1 aromatic rings. The van der Waals surface area contributed by atoms with Crippen molar-refractivity contribution in [2.24, 2.45) is 0 Å². The number of carbonyl (C=O) groups is 1. The molecule has 0 saturated carbocycles. The van der Waals surface area contributed by atoms with Crippen LogP contribution in [-0.2, 0) is 4.74 Å². The Morgan fingerprint density at radius 1 is 1.47 bits per heavy atom. The summed E-state index contributed by atoms with van der Waals surface area (Å²) in [6, 6.07) is 3.92. The van der Waals surface area contributed by atoms with Crippen LogP contribution in [0.4, 0.5) is 4.79 Å². The fraction of sp³-hybridized carbons (Fsp3) is 0.600. The van der Waals surface area contributed by atoms with E-state index in [9.17, 15) is 4.79 Å². The predicted octanol–water partition coefficient (Wildman–Crippen LogP) is 3.20. The number of rotatable bonds is 1. The third kappa shape index (κ3) is 3.94. The van der Waals surface area contributed by atoms with E-state index in [1.165, 1.54) is 39.1 Å². The molecule has 1 aliphatic heterocycles. The summed E-state index contributed by atoms with van der Waals surface area (Å²) >= 11 is 0. The number of hydrogen-bond donors (Lipinski definition) is 0. The summed E-state index contributed by atoms with van der Waals surface area (Å²) in [6.07, 6.45) is -7.21. The van der Waals surface area contributed by atoms with Crippen molar-refractivity contribution in [1.29, 1.82) is 0 Å². The van der Waals surface area contributed by atoms with Gasteiger partial charge in [-0.3, -0.25) is 4.98 Å². The fourth-order valence-electron chi connectivity index (χ4n) is 1.32. The smallest absolute Gasteiger partial charge is 0.410 e. The lowest BCUT2D eigenvalue weighted by atomic mass is 9.93. The molecular formula is C15H22N2O2. The van der Waals surface area contributed by atoms with Gasteiger partial charge in [0.1, 0.15) is 5.60 Å². The molecule has 0 spiro atoms. The van der Waals surface area contributed by atoms with Gasteiger partial charge in [0.05, 0.1) is 0 Å². The summed E-state index contributed by atoms with van der Waals surface area (Å²) in [5.41, 5.74) is -1.67. The Morgan fingerprint density at radius 2 is 2.16 bits per heavy atom. The van der Waals surface area contributed by atoms with Crippen molar-refractivity contribution in [3.8, 4) is 0 Å². The van der Waals surface area contributed by atoms with E-state index in [1.807, 2.05) is 0 Å². The van der Waals surface area contributed by atoms with Crippen molar-refractivity contribution in [2.45, 2.75) is 45.0 Å². The van der Waals surface area contributed by atoms with Gasteiger partial charge < -0.3 is 9.64 Å². The molecular weight excluding hydrogens is 240 g/mol. The Bertz CT molecular complexity index is 735. The second-order valence-electron chi connectivity index (χ2n) is 4.88. The van der Waals surface area contributed by atoms with Crippen molar-refractivity contribution in [2.75, 3.05) is 13.0 Å². The van der Waals surface area contributed by atoms with E-state index in [-0.39, 0.29) is 4.90 Å². The van der Waals surface area contributed by atoms with Gasteiger partial charge in [-0.2, -0.15) is 0 Å². The zero-order valence-electron chi connectivity index (χ0n) is 20.0. The second kappa shape index (κ2) is 5.59. The highest BCUT2D eigenvalue weighted by atomic mass is 16.6. The summed E-state index contributed by atoms with van der Waals surface area (Å²) in [4.78, 5) is 16.2. The van der Waals surface area contributed by atoms with Crippen LogP contribution in [0.15, 0.2) is 24.4 Å². The minimum atomic E-state index is -3.44. The average molecular weight is 271 g/mol. The van der Waals surface area contributed by atoms with Gasteiger partial charge in [-0.05, 0) is 45.6 Å². The van der Waals surface area contributed by atoms with Crippen LogP contribution in [0.25, 0.3) is 0 Å². The quantitative estimate of drug-likeness (QED) is 0.787. The first-order valence-electron chi connectivity index (χ1n) is 10.3. The van der Waals surface area contributed by atoms with Gasteiger partial charge in [0.15, 0.2) is 0 Å². The lowest BCUT2D eigenvalue weighted by Gasteiger charge is -2.33. The van der Waals surface area contributed by atoms with Gasteiger partial charge >= 0.3 is 6.09 Å². The molecule has 4 heteroatoms. The molecule has 0 aliphatic carbocycles. The number of carbonyl (C=O) groups excluding carboxylic acids is 1. The Labute approximate surface area is 127 Å². The van der Waals surface area contributed by atoms with Crippen LogP contribution in [0.5, 0.6) is 0 Å². The molecule has 0 aromatic carbocycles. The zero-order chi connectivity index (χ0) is 22.0. The molecule has 4 nitrogen and oxygen atoms in total. The topological polar surface area (TPSA) is 42.4 Å². The van der Waals surface area contributed by atoms with Gasteiger partial charge in [-0.1, -0.05) is 6.07 Å². The molecule has 0 bridgehead atoms. The number of likely N-dealkylation sites (tertiary alicyclic amines) is 1. The maximum atomic E-state index is 12.6. The van der Waals surface area contributed by atoms with E-state index >= 15 is 0 Å². The van der Waals surface area contributed by atoms with Crippen molar-refractivity contribution in [1.82, 2.24) is 9.88 Å². The maximum absolute atomic E-state index is 12.6. The van der Waals surface area contributed by atoms with Crippen LogP contribution < -0.4 is 0 Å². The van der Waals surface area contributed by atoms with Crippen molar-refractivity contribution in [3.05, 3.63) is 30.1 Å². The highest BCUT2D eigenvalue weighted by molar-refractivity contribution is 5.68. The third-order valence-electron chi connectivity index (χ3n) is 2.08.